The van der Waals surface area contributed by atoms with Gasteiger partial charge in [-0.25, -0.2) is 0 Å². The minimum Gasteiger partial charge on any atom is -0.382 e. The lowest BCUT2D eigenvalue weighted by molar-refractivity contribution is -0.120. The van der Waals surface area contributed by atoms with E-state index in [2.05, 4.69) is 15.5 Å². The summed E-state index contributed by atoms with van der Waals surface area (Å²) in [5.74, 6) is 0.433. The SMILES string of the molecule is CC(C)NC(=O)CN(C)c1cn[nH]c1N. The Kier molecular flexibility index (Phi) is 3.54. The summed E-state index contributed by atoms with van der Waals surface area (Å²) in [6.45, 7) is 4.11. The molecule has 0 aliphatic rings. The van der Waals surface area contributed by atoms with Gasteiger partial charge < -0.3 is 16.0 Å². The maximum absolute atomic E-state index is 11.4. The first kappa shape index (κ1) is 11.4. The summed E-state index contributed by atoms with van der Waals surface area (Å²) >= 11 is 0. The first-order chi connectivity index (χ1) is 7.00. The Labute approximate surface area is 88.8 Å². The third-order valence-electron chi connectivity index (χ3n) is 1.89. The summed E-state index contributed by atoms with van der Waals surface area (Å²) in [4.78, 5) is 13.2. The highest BCUT2D eigenvalue weighted by Crippen LogP contribution is 2.17. The number of carbonyl (C=O) groups excluding carboxylic acids is 1. The van der Waals surface area contributed by atoms with Crippen LogP contribution >= 0.6 is 0 Å². The second-order valence-corrected chi connectivity index (χ2v) is 3.75. The molecule has 15 heavy (non-hydrogen) atoms. The van der Waals surface area contributed by atoms with E-state index in [-0.39, 0.29) is 18.5 Å². The average Bonchev–Trinajstić information content (AvgIpc) is 2.49. The fraction of sp³-hybridized carbons (Fsp3) is 0.556. The molecule has 1 heterocycles. The molecule has 0 fully saturated rings. The smallest absolute Gasteiger partial charge is 0.239 e. The largest absolute Gasteiger partial charge is 0.382 e. The molecule has 1 aromatic rings. The number of likely N-dealkylation sites (N-methyl/N-ethyl adjacent to an activating group) is 1. The molecule has 0 aliphatic carbocycles. The van der Waals surface area contributed by atoms with Crippen molar-refractivity contribution >= 4 is 17.4 Å². The molecule has 0 spiro atoms. The maximum Gasteiger partial charge on any atom is 0.239 e. The lowest BCUT2D eigenvalue weighted by Gasteiger charge is -2.18. The minimum absolute atomic E-state index is 0.0342. The van der Waals surface area contributed by atoms with Crippen molar-refractivity contribution in [2.75, 3.05) is 24.2 Å². The number of H-pyrrole nitrogens is 1. The van der Waals surface area contributed by atoms with Gasteiger partial charge in [-0.1, -0.05) is 0 Å². The van der Waals surface area contributed by atoms with Crippen molar-refractivity contribution in [2.24, 2.45) is 0 Å². The number of aromatic amines is 1. The lowest BCUT2D eigenvalue weighted by Crippen LogP contribution is -2.38. The number of amides is 1. The minimum atomic E-state index is -0.0342. The van der Waals surface area contributed by atoms with Crippen LogP contribution in [0.1, 0.15) is 13.8 Å². The first-order valence-electron chi connectivity index (χ1n) is 4.80. The fourth-order valence-electron chi connectivity index (χ4n) is 1.26. The Balaban J connectivity index is 2.53. The van der Waals surface area contributed by atoms with Crippen LogP contribution in [0.4, 0.5) is 11.5 Å². The molecule has 1 amide bonds. The highest BCUT2D eigenvalue weighted by Gasteiger charge is 2.11. The summed E-state index contributed by atoms with van der Waals surface area (Å²) in [7, 11) is 1.79. The van der Waals surface area contributed by atoms with Crippen molar-refractivity contribution in [3.05, 3.63) is 6.20 Å². The molecule has 0 bridgehead atoms. The Hall–Kier alpha value is -1.72. The van der Waals surface area contributed by atoms with Gasteiger partial charge in [0.1, 0.15) is 5.82 Å². The number of nitrogens with two attached hydrogens (primary N) is 1. The van der Waals surface area contributed by atoms with Gasteiger partial charge in [-0.15, -0.1) is 0 Å². The van der Waals surface area contributed by atoms with Crippen molar-refractivity contribution in [3.8, 4) is 0 Å². The van der Waals surface area contributed by atoms with Gasteiger partial charge in [0, 0.05) is 13.1 Å². The Morgan fingerprint density at radius 1 is 1.73 bits per heavy atom. The summed E-state index contributed by atoms with van der Waals surface area (Å²) in [5, 5.41) is 9.21. The van der Waals surface area contributed by atoms with E-state index in [1.807, 2.05) is 13.8 Å². The van der Waals surface area contributed by atoms with Crippen molar-refractivity contribution in [3.63, 3.8) is 0 Å². The van der Waals surface area contributed by atoms with Crippen LogP contribution in [-0.2, 0) is 4.79 Å². The summed E-state index contributed by atoms with van der Waals surface area (Å²) in [6.07, 6.45) is 1.60. The molecule has 0 saturated carbocycles. The normalized spacial score (nSPS) is 10.4. The third-order valence-corrected chi connectivity index (χ3v) is 1.89. The Bertz CT molecular complexity index is 333. The number of hydrogen-bond acceptors (Lipinski definition) is 4. The third kappa shape index (κ3) is 3.16. The van der Waals surface area contributed by atoms with Gasteiger partial charge >= 0.3 is 0 Å². The van der Waals surface area contributed by atoms with Crippen molar-refractivity contribution < 1.29 is 4.79 Å². The number of aromatic nitrogens is 2. The predicted molar refractivity (Wildman–Crippen MR) is 59.5 cm³/mol. The molecule has 0 unspecified atom stereocenters. The second kappa shape index (κ2) is 4.68. The first-order valence-corrected chi connectivity index (χ1v) is 4.80. The molecule has 0 atom stereocenters. The quantitative estimate of drug-likeness (QED) is 0.651. The van der Waals surface area contributed by atoms with E-state index in [0.717, 1.165) is 5.69 Å². The Morgan fingerprint density at radius 2 is 2.40 bits per heavy atom. The van der Waals surface area contributed by atoms with Crippen LogP contribution < -0.4 is 16.0 Å². The van der Waals surface area contributed by atoms with E-state index >= 15 is 0 Å². The number of carbonyl (C=O) groups is 1. The number of nitrogens with one attached hydrogen (secondary N) is 2. The molecule has 6 nitrogen and oxygen atoms in total. The highest BCUT2D eigenvalue weighted by atomic mass is 16.2. The number of nitrogen functional groups attached to an aromatic ring is 1. The second-order valence-electron chi connectivity index (χ2n) is 3.75. The molecule has 0 aromatic carbocycles. The fourth-order valence-corrected chi connectivity index (χ4v) is 1.26. The maximum atomic E-state index is 11.4. The van der Waals surface area contributed by atoms with Gasteiger partial charge in [-0.3, -0.25) is 9.89 Å². The number of hydrogen-bond donors (Lipinski definition) is 3. The molecule has 0 radical (unpaired) electrons. The summed E-state index contributed by atoms with van der Waals surface area (Å²) < 4.78 is 0. The number of anilines is 2. The van der Waals surface area contributed by atoms with Gasteiger partial charge in [0.25, 0.3) is 0 Å². The van der Waals surface area contributed by atoms with E-state index in [1.165, 1.54) is 0 Å². The van der Waals surface area contributed by atoms with Crippen LogP contribution in [0.15, 0.2) is 6.20 Å². The van der Waals surface area contributed by atoms with Gasteiger partial charge in [0.15, 0.2) is 0 Å². The Morgan fingerprint density at radius 3 is 2.87 bits per heavy atom. The standard InChI is InChI=1S/C9H17N5O/c1-6(2)12-8(15)5-14(3)7-4-11-13-9(7)10/h4,6H,5H2,1-3H3,(H,12,15)(H3,10,11,13). The van der Waals surface area contributed by atoms with Gasteiger partial charge in [-0.05, 0) is 13.8 Å². The van der Waals surface area contributed by atoms with E-state index in [1.54, 1.807) is 18.1 Å². The van der Waals surface area contributed by atoms with Crippen LogP contribution in [-0.4, -0.2) is 35.7 Å². The monoisotopic (exact) mass is 211 g/mol. The lowest BCUT2D eigenvalue weighted by atomic mass is 10.3. The molecule has 0 aliphatic heterocycles. The van der Waals surface area contributed by atoms with Crippen LogP contribution in [0.3, 0.4) is 0 Å². The molecular formula is C9H17N5O. The van der Waals surface area contributed by atoms with Crippen LogP contribution in [0.5, 0.6) is 0 Å². The highest BCUT2D eigenvalue weighted by molar-refractivity contribution is 5.82. The number of nitrogens with zero attached hydrogens (tertiary/aromatic N) is 2. The molecule has 6 heteroatoms. The van der Waals surface area contributed by atoms with E-state index in [0.29, 0.717) is 5.82 Å². The van der Waals surface area contributed by atoms with E-state index < -0.39 is 0 Å². The summed E-state index contributed by atoms with van der Waals surface area (Å²) in [6, 6.07) is 0.146. The van der Waals surface area contributed by atoms with Gasteiger partial charge in [-0.2, -0.15) is 5.10 Å². The number of rotatable bonds is 4. The zero-order chi connectivity index (χ0) is 11.4. The van der Waals surface area contributed by atoms with Crippen LogP contribution in [0.25, 0.3) is 0 Å². The van der Waals surface area contributed by atoms with Crippen molar-refractivity contribution in [1.29, 1.82) is 0 Å². The predicted octanol–water partition coefficient (Wildman–Crippen LogP) is -0.0473. The van der Waals surface area contributed by atoms with Gasteiger partial charge in [0.2, 0.25) is 5.91 Å². The zero-order valence-corrected chi connectivity index (χ0v) is 9.24. The van der Waals surface area contributed by atoms with Crippen molar-refractivity contribution in [2.45, 2.75) is 19.9 Å². The molecule has 84 valence electrons. The summed E-state index contributed by atoms with van der Waals surface area (Å²) in [5.41, 5.74) is 6.36. The van der Waals surface area contributed by atoms with Crippen LogP contribution in [0, 0.1) is 0 Å². The average molecular weight is 211 g/mol. The molecule has 0 saturated heterocycles. The molecule has 4 N–H and O–H groups in total. The topological polar surface area (TPSA) is 87.0 Å². The molecule has 1 aromatic heterocycles. The zero-order valence-electron chi connectivity index (χ0n) is 9.24. The molecule has 1 rings (SSSR count). The molecular weight excluding hydrogens is 194 g/mol. The van der Waals surface area contributed by atoms with E-state index in [9.17, 15) is 4.79 Å². The van der Waals surface area contributed by atoms with Gasteiger partial charge in [0.05, 0.1) is 18.4 Å². The van der Waals surface area contributed by atoms with Crippen molar-refractivity contribution in [1.82, 2.24) is 15.5 Å². The van der Waals surface area contributed by atoms with Crippen LogP contribution in [0.2, 0.25) is 0 Å². The van der Waals surface area contributed by atoms with E-state index in [4.69, 9.17) is 5.73 Å².